The molecule has 1 N–H and O–H groups in total. The van der Waals surface area contributed by atoms with E-state index in [-0.39, 0.29) is 12.1 Å². The van der Waals surface area contributed by atoms with Crippen LogP contribution in [0.3, 0.4) is 0 Å². The molecule has 0 bridgehead atoms. The fraction of sp³-hybridized carbons (Fsp3) is 0.917. The zero-order chi connectivity index (χ0) is 11.6. The molecule has 0 aromatic heterocycles. The monoisotopic (exact) mass is 212 g/mol. The quantitative estimate of drug-likeness (QED) is 0.771. The molecule has 3 heteroatoms. The number of nitrogens with zero attached hydrogens (tertiary/aromatic N) is 1. The van der Waals surface area contributed by atoms with Crippen LogP contribution in [0.15, 0.2) is 0 Å². The highest BCUT2D eigenvalue weighted by molar-refractivity contribution is 5.81. The minimum atomic E-state index is 0.228. The van der Waals surface area contributed by atoms with Crippen molar-refractivity contribution in [2.75, 3.05) is 6.54 Å². The second-order valence-electron chi connectivity index (χ2n) is 5.35. The third kappa shape index (κ3) is 2.94. The van der Waals surface area contributed by atoms with Crippen LogP contribution in [0.5, 0.6) is 0 Å². The summed E-state index contributed by atoms with van der Waals surface area (Å²) in [5, 5.41) is 3.29. The minimum Gasteiger partial charge on any atom is -0.323 e. The molecular weight excluding hydrogens is 188 g/mol. The van der Waals surface area contributed by atoms with Crippen LogP contribution in [0.25, 0.3) is 0 Å². The molecule has 2 unspecified atom stereocenters. The molecule has 15 heavy (non-hydrogen) atoms. The lowest BCUT2D eigenvalue weighted by Gasteiger charge is -2.33. The fourth-order valence-electron chi connectivity index (χ4n) is 2.41. The van der Waals surface area contributed by atoms with Gasteiger partial charge in [-0.05, 0) is 25.2 Å². The topological polar surface area (TPSA) is 32.3 Å². The Labute approximate surface area is 93.2 Å². The Bertz CT molecular complexity index is 226. The van der Waals surface area contributed by atoms with Crippen LogP contribution < -0.4 is 5.32 Å². The summed E-state index contributed by atoms with van der Waals surface area (Å²) in [4.78, 5) is 13.8. The Morgan fingerprint density at radius 2 is 1.93 bits per heavy atom. The molecule has 1 fully saturated rings. The summed E-state index contributed by atoms with van der Waals surface area (Å²) in [6, 6.07) is 0.347. The summed E-state index contributed by atoms with van der Waals surface area (Å²) in [7, 11) is 0. The smallest absolute Gasteiger partial charge is 0.238 e. The third-order valence-corrected chi connectivity index (χ3v) is 2.97. The van der Waals surface area contributed by atoms with E-state index >= 15 is 0 Å². The van der Waals surface area contributed by atoms with Gasteiger partial charge in [-0.1, -0.05) is 27.7 Å². The van der Waals surface area contributed by atoms with Gasteiger partial charge in [-0.25, -0.2) is 0 Å². The zero-order valence-corrected chi connectivity index (χ0v) is 10.6. The fourth-order valence-corrected chi connectivity index (χ4v) is 2.41. The molecule has 1 aliphatic rings. The van der Waals surface area contributed by atoms with Gasteiger partial charge >= 0.3 is 0 Å². The second kappa shape index (κ2) is 4.97. The van der Waals surface area contributed by atoms with Gasteiger partial charge in [0.05, 0.1) is 12.7 Å². The molecule has 1 saturated heterocycles. The Kier molecular flexibility index (Phi) is 4.14. The molecular formula is C12H24N2O. The van der Waals surface area contributed by atoms with E-state index in [4.69, 9.17) is 0 Å². The van der Waals surface area contributed by atoms with Gasteiger partial charge in [0.15, 0.2) is 0 Å². The van der Waals surface area contributed by atoms with E-state index in [1.807, 2.05) is 4.90 Å². The Morgan fingerprint density at radius 3 is 2.40 bits per heavy atom. The number of carbonyl (C=O) groups excluding carboxylic acids is 1. The van der Waals surface area contributed by atoms with Crippen LogP contribution in [0.4, 0.5) is 0 Å². The maximum absolute atomic E-state index is 11.8. The van der Waals surface area contributed by atoms with Gasteiger partial charge in [-0.2, -0.15) is 0 Å². The van der Waals surface area contributed by atoms with Gasteiger partial charge in [-0.15, -0.1) is 0 Å². The molecule has 0 aromatic carbocycles. The van der Waals surface area contributed by atoms with Gasteiger partial charge in [0.25, 0.3) is 0 Å². The van der Waals surface area contributed by atoms with Crippen LogP contribution >= 0.6 is 0 Å². The van der Waals surface area contributed by atoms with Crippen LogP contribution in [0, 0.1) is 11.8 Å². The van der Waals surface area contributed by atoms with Crippen molar-refractivity contribution in [3.8, 4) is 0 Å². The molecule has 0 saturated carbocycles. The minimum absolute atomic E-state index is 0.228. The zero-order valence-electron chi connectivity index (χ0n) is 10.6. The van der Waals surface area contributed by atoms with Crippen molar-refractivity contribution in [2.24, 2.45) is 11.8 Å². The molecule has 0 radical (unpaired) electrons. The number of carbonyl (C=O) groups is 1. The first-order valence-electron chi connectivity index (χ1n) is 5.98. The molecule has 1 amide bonds. The largest absolute Gasteiger partial charge is 0.323 e. The Hall–Kier alpha value is -0.570. The summed E-state index contributed by atoms with van der Waals surface area (Å²) < 4.78 is 0. The predicted octanol–water partition coefficient (Wildman–Crippen LogP) is 1.83. The van der Waals surface area contributed by atoms with E-state index in [2.05, 4.69) is 39.9 Å². The maximum Gasteiger partial charge on any atom is 0.238 e. The molecule has 1 rings (SSSR count). The van der Waals surface area contributed by atoms with E-state index in [1.54, 1.807) is 0 Å². The second-order valence-corrected chi connectivity index (χ2v) is 5.35. The van der Waals surface area contributed by atoms with Crippen LogP contribution in [0.2, 0.25) is 0 Å². The molecule has 3 nitrogen and oxygen atoms in total. The molecule has 0 aliphatic carbocycles. The van der Waals surface area contributed by atoms with Crippen molar-refractivity contribution >= 4 is 5.91 Å². The van der Waals surface area contributed by atoms with Crippen LogP contribution in [0.1, 0.15) is 41.0 Å². The molecule has 1 aliphatic heterocycles. The first-order valence-corrected chi connectivity index (χ1v) is 5.98. The summed E-state index contributed by atoms with van der Waals surface area (Å²) >= 11 is 0. The van der Waals surface area contributed by atoms with Crippen molar-refractivity contribution in [3.63, 3.8) is 0 Å². The molecule has 1 heterocycles. The van der Waals surface area contributed by atoms with Crippen molar-refractivity contribution in [1.29, 1.82) is 0 Å². The molecule has 2 atom stereocenters. The number of hydrogen-bond acceptors (Lipinski definition) is 2. The van der Waals surface area contributed by atoms with Gasteiger partial charge < -0.3 is 4.90 Å². The molecule has 0 aromatic rings. The number of hydrogen-bond donors (Lipinski definition) is 1. The van der Waals surface area contributed by atoms with E-state index < -0.39 is 0 Å². The third-order valence-electron chi connectivity index (χ3n) is 2.97. The van der Waals surface area contributed by atoms with E-state index in [1.165, 1.54) is 0 Å². The van der Waals surface area contributed by atoms with Crippen LogP contribution in [-0.4, -0.2) is 29.6 Å². The summed E-state index contributed by atoms with van der Waals surface area (Å²) in [5.74, 6) is 1.37. The van der Waals surface area contributed by atoms with Crippen molar-refractivity contribution in [1.82, 2.24) is 10.2 Å². The highest BCUT2D eigenvalue weighted by Gasteiger charge is 2.35. The van der Waals surface area contributed by atoms with Gasteiger partial charge in [0.2, 0.25) is 5.91 Å². The van der Waals surface area contributed by atoms with E-state index in [9.17, 15) is 4.79 Å². The summed E-state index contributed by atoms with van der Waals surface area (Å²) in [6.07, 6.45) is 1.31. The normalized spacial score (nSPS) is 24.3. The Morgan fingerprint density at radius 1 is 1.33 bits per heavy atom. The first kappa shape index (κ1) is 12.5. The van der Waals surface area contributed by atoms with Gasteiger partial charge in [0, 0.05) is 6.04 Å². The molecule has 0 spiro atoms. The summed E-state index contributed by atoms with van der Waals surface area (Å²) in [5.41, 5.74) is 0. The predicted molar refractivity (Wildman–Crippen MR) is 62.4 cm³/mol. The van der Waals surface area contributed by atoms with E-state index in [0.717, 1.165) is 6.42 Å². The number of amides is 1. The van der Waals surface area contributed by atoms with Gasteiger partial charge in [-0.3, -0.25) is 10.1 Å². The van der Waals surface area contributed by atoms with Crippen molar-refractivity contribution in [3.05, 3.63) is 0 Å². The maximum atomic E-state index is 11.8. The first-order chi connectivity index (χ1) is 6.93. The Balaban J connectivity index is 2.67. The summed E-state index contributed by atoms with van der Waals surface area (Å²) in [6.45, 7) is 11.4. The lowest BCUT2D eigenvalue weighted by Crippen LogP contribution is -2.46. The van der Waals surface area contributed by atoms with E-state index in [0.29, 0.717) is 24.4 Å². The standard InChI is InChI=1S/C12H24N2O/c1-8(2)6-10(5)14-11(15)7-13-12(14)9(3)4/h8-10,12-13H,6-7H2,1-5H3. The highest BCUT2D eigenvalue weighted by Crippen LogP contribution is 2.20. The number of rotatable bonds is 4. The molecule has 88 valence electrons. The highest BCUT2D eigenvalue weighted by atomic mass is 16.2. The van der Waals surface area contributed by atoms with Crippen LogP contribution in [-0.2, 0) is 4.79 Å². The van der Waals surface area contributed by atoms with Gasteiger partial charge in [0.1, 0.15) is 0 Å². The lowest BCUT2D eigenvalue weighted by atomic mass is 10.0. The van der Waals surface area contributed by atoms with Crippen molar-refractivity contribution in [2.45, 2.75) is 53.2 Å². The average Bonchev–Trinajstić information content (AvgIpc) is 2.45. The van der Waals surface area contributed by atoms with Crippen molar-refractivity contribution < 1.29 is 4.79 Å². The SMILES string of the molecule is CC(C)CC(C)N1C(=O)CNC1C(C)C. The lowest BCUT2D eigenvalue weighted by molar-refractivity contribution is -0.130. The number of nitrogens with one attached hydrogen (secondary N) is 1. The average molecular weight is 212 g/mol.